The number of ketones is 1. The van der Waals surface area contributed by atoms with Crippen LogP contribution in [-0.2, 0) is 4.79 Å². The van der Waals surface area contributed by atoms with E-state index in [1.165, 1.54) is 41.4 Å². The summed E-state index contributed by atoms with van der Waals surface area (Å²) in [6.07, 6.45) is 1.24. The predicted octanol–water partition coefficient (Wildman–Crippen LogP) is 3.18. The number of carbonyl (C=O) groups is 2. The van der Waals surface area contributed by atoms with Gasteiger partial charge in [-0.3, -0.25) is 29.1 Å². The lowest BCUT2D eigenvalue weighted by Crippen LogP contribution is -2.52. The minimum atomic E-state index is -1.53. The van der Waals surface area contributed by atoms with Crippen molar-refractivity contribution in [2.75, 3.05) is 31.1 Å². The van der Waals surface area contributed by atoms with E-state index in [0.29, 0.717) is 26.2 Å². The normalized spacial score (nSPS) is 14.5. The number of amides is 1. The molecule has 1 aliphatic rings. The highest BCUT2D eigenvalue weighted by atomic mass is 35.5. The molecule has 0 bridgehead atoms. The van der Waals surface area contributed by atoms with Crippen LogP contribution in [0.1, 0.15) is 16.4 Å². The molecule has 1 aromatic heterocycles. The maximum Gasteiger partial charge on any atom is 0.270 e. The van der Waals surface area contributed by atoms with E-state index in [1.807, 2.05) is 30.3 Å². The summed E-state index contributed by atoms with van der Waals surface area (Å²) in [6, 6.07) is 15.9. The maximum absolute atomic E-state index is 13.6. The lowest BCUT2D eigenvalue weighted by atomic mass is 10.0. The van der Waals surface area contributed by atoms with Crippen LogP contribution in [0.25, 0.3) is 0 Å². The number of nitrogens with zero attached hydrogens (tertiary/aromatic N) is 4. The number of nitro groups is 1. The third kappa shape index (κ3) is 4.84. The first-order chi connectivity index (χ1) is 16.3. The Kier molecular flexibility index (Phi) is 6.74. The minimum Gasteiger partial charge on any atom is -0.368 e. The van der Waals surface area contributed by atoms with Crippen LogP contribution in [0.15, 0.2) is 77.7 Å². The molecule has 1 fully saturated rings. The molecule has 9 nitrogen and oxygen atoms in total. The SMILES string of the molecule is O=C(c1cccc([N+](=O)[O-])c1)[C@H](C(=O)N1CCN(c2ccccc2)CC1)n1cc(Cl)ccc1=O. The van der Waals surface area contributed by atoms with E-state index in [-0.39, 0.29) is 16.3 Å². The molecule has 2 aromatic carbocycles. The first kappa shape index (κ1) is 23.2. The average Bonchev–Trinajstić information content (AvgIpc) is 2.86. The number of anilines is 1. The largest absolute Gasteiger partial charge is 0.368 e. The lowest BCUT2D eigenvalue weighted by Gasteiger charge is -2.37. The molecule has 4 rings (SSSR count). The molecule has 0 unspecified atom stereocenters. The summed E-state index contributed by atoms with van der Waals surface area (Å²) in [6.45, 7) is 1.80. The van der Waals surface area contributed by atoms with E-state index in [4.69, 9.17) is 11.6 Å². The Morgan fingerprint density at radius 1 is 0.941 bits per heavy atom. The molecule has 0 radical (unpaired) electrons. The van der Waals surface area contributed by atoms with Gasteiger partial charge in [0, 0.05) is 61.8 Å². The maximum atomic E-state index is 13.6. The van der Waals surface area contributed by atoms with Gasteiger partial charge in [-0.1, -0.05) is 41.9 Å². The van der Waals surface area contributed by atoms with Crippen molar-refractivity contribution < 1.29 is 14.5 Å². The molecule has 0 spiro atoms. The number of aromatic nitrogens is 1. The molecule has 10 heteroatoms. The van der Waals surface area contributed by atoms with Gasteiger partial charge in [-0.05, 0) is 18.2 Å². The van der Waals surface area contributed by atoms with Gasteiger partial charge in [-0.25, -0.2) is 0 Å². The smallest absolute Gasteiger partial charge is 0.270 e. The zero-order valence-electron chi connectivity index (χ0n) is 18.0. The predicted molar refractivity (Wildman–Crippen MR) is 127 cm³/mol. The van der Waals surface area contributed by atoms with Gasteiger partial charge >= 0.3 is 0 Å². The molecule has 174 valence electrons. The summed E-state index contributed by atoms with van der Waals surface area (Å²) >= 11 is 6.06. The number of hydrogen-bond acceptors (Lipinski definition) is 6. The van der Waals surface area contributed by atoms with Crippen molar-refractivity contribution in [2.45, 2.75) is 6.04 Å². The van der Waals surface area contributed by atoms with Crippen LogP contribution >= 0.6 is 11.6 Å². The summed E-state index contributed by atoms with van der Waals surface area (Å²) in [5.74, 6) is -1.28. The molecule has 3 aromatic rings. The average molecular weight is 481 g/mol. The molecule has 34 heavy (non-hydrogen) atoms. The highest BCUT2D eigenvalue weighted by Gasteiger charge is 2.35. The van der Waals surface area contributed by atoms with E-state index in [0.717, 1.165) is 16.3 Å². The first-order valence-electron chi connectivity index (χ1n) is 10.6. The number of para-hydroxylation sites is 1. The topological polar surface area (TPSA) is 106 Å². The zero-order valence-corrected chi connectivity index (χ0v) is 18.8. The van der Waals surface area contributed by atoms with E-state index in [9.17, 15) is 24.5 Å². The molecule has 0 aliphatic carbocycles. The van der Waals surface area contributed by atoms with Crippen molar-refractivity contribution in [3.63, 3.8) is 0 Å². The van der Waals surface area contributed by atoms with Crippen LogP contribution in [0, 0.1) is 10.1 Å². The van der Waals surface area contributed by atoms with Crippen molar-refractivity contribution in [1.82, 2.24) is 9.47 Å². The van der Waals surface area contributed by atoms with Crippen LogP contribution in [-0.4, -0.2) is 52.3 Å². The van der Waals surface area contributed by atoms with Crippen LogP contribution < -0.4 is 10.5 Å². The number of nitro benzene ring substituents is 1. The Morgan fingerprint density at radius 2 is 1.65 bits per heavy atom. The van der Waals surface area contributed by atoms with E-state index >= 15 is 0 Å². The van der Waals surface area contributed by atoms with E-state index < -0.39 is 28.2 Å². The third-order valence-electron chi connectivity index (χ3n) is 5.72. The lowest BCUT2D eigenvalue weighted by molar-refractivity contribution is -0.384. The Labute approximate surface area is 199 Å². The molecule has 0 N–H and O–H groups in total. The van der Waals surface area contributed by atoms with E-state index in [1.54, 1.807) is 0 Å². The van der Waals surface area contributed by atoms with Gasteiger partial charge in [-0.15, -0.1) is 0 Å². The number of benzene rings is 2. The molecule has 1 saturated heterocycles. The number of hydrogen-bond donors (Lipinski definition) is 0. The second-order valence-electron chi connectivity index (χ2n) is 7.81. The molecular weight excluding hydrogens is 460 g/mol. The van der Waals surface area contributed by atoms with Gasteiger partial charge in [0.25, 0.3) is 17.2 Å². The first-order valence-corrected chi connectivity index (χ1v) is 11.0. The Hall–Kier alpha value is -3.98. The van der Waals surface area contributed by atoms with Crippen molar-refractivity contribution in [2.24, 2.45) is 0 Å². The summed E-state index contributed by atoms with van der Waals surface area (Å²) in [5.41, 5.74) is 0.128. The van der Waals surface area contributed by atoms with Crippen molar-refractivity contribution >= 4 is 34.7 Å². The fraction of sp³-hybridized carbons (Fsp3) is 0.208. The second kappa shape index (κ2) is 9.88. The van der Waals surface area contributed by atoms with Crippen molar-refractivity contribution in [3.05, 3.63) is 104 Å². The summed E-state index contributed by atoms with van der Waals surface area (Å²) in [7, 11) is 0. The van der Waals surface area contributed by atoms with Crippen LogP contribution in [0.5, 0.6) is 0 Å². The quantitative estimate of drug-likeness (QED) is 0.232. The number of carbonyl (C=O) groups excluding carboxylic acids is 2. The summed E-state index contributed by atoms with van der Waals surface area (Å²) in [5, 5.41) is 11.4. The van der Waals surface area contributed by atoms with Crippen LogP contribution in [0.4, 0.5) is 11.4 Å². The van der Waals surface area contributed by atoms with Crippen molar-refractivity contribution in [1.29, 1.82) is 0 Å². The number of non-ortho nitro benzene ring substituents is 1. The Balaban J connectivity index is 1.65. The molecule has 2 heterocycles. The number of piperazine rings is 1. The third-order valence-corrected chi connectivity index (χ3v) is 5.94. The molecule has 0 saturated carbocycles. The van der Waals surface area contributed by atoms with Gasteiger partial charge in [-0.2, -0.15) is 0 Å². The van der Waals surface area contributed by atoms with Crippen LogP contribution in [0.3, 0.4) is 0 Å². The van der Waals surface area contributed by atoms with Gasteiger partial charge in [0.05, 0.1) is 9.95 Å². The highest BCUT2D eigenvalue weighted by molar-refractivity contribution is 6.30. The standard InChI is InChI=1S/C24H21ClN4O5/c25-18-9-10-21(30)28(16-18)22(23(31)17-5-4-8-20(15-17)29(33)34)24(32)27-13-11-26(12-14-27)19-6-2-1-3-7-19/h1-10,15-16,22H,11-14H2/t22-/m1/s1. The summed E-state index contributed by atoms with van der Waals surface area (Å²) < 4.78 is 0.995. The number of rotatable bonds is 6. The molecule has 1 aliphatic heterocycles. The Morgan fingerprint density at radius 3 is 2.32 bits per heavy atom. The minimum absolute atomic E-state index is 0.0395. The number of pyridine rings is 1. The Bertz CT molecular complexity index is 1290. The van der Waals surface area contributed by atoms with Crippen LogP contribution in [0.2, 0.25) is 5.02 Å². The zero-order chi connectivity index (χ0) is 24.2. The van der Waals surface area contributed by atoms with E-state index in [2.05, 4.69) is 4.90 Å². The van der Waals surface area contributed by atoms with Crippen molar-refractivity contribution in [3.8, 4) is 0 Å². The highest BCUT2D eigenvalue weighted by Crippen LogP contribution is 2.23. The van der Waals surface area contributed by atoms with Gasteiger partial charge in [0.15, 0.2) is 11.8 Å². The fourth-order valence-corrected chi connectivity index (χ4v) is 4.13. The van der Waals surface area contributed by atoms with Gasteiger partial charge in [0.1, 0.15) is 0 Å². The molecule has 1 atom stereocenters. The van der Waals surface area contributed by atoms with Gasteiger partial charge in [0.2, 0.25) is 0 Å². The fourth-order valence-electron chi connectivity index (χ4n) is 3.96. The number of Topliss-reactive ketones (excluding diaryl/α,β-unsaturated/α-hetero) is 1. The summed E-state index contributed by atoms with van der Waals surface area (Å²) in [4.78, 5) is 53.9. The second-order valence-corrected chi connectivity index (χ2v) is 8.25. The number of halogens is 1. The molecule has 1 amide bonds. The monoisotopic (exact) mass is 480 g/mol. The van der Waals surface area contributed by atoms with Gasteiger partial charge < -0.3 is 9.80 Å². The molecular formula is C24H21ClN4O5.